The van der Waals surface area contributed by atoms with Crippen molar-refractivity contribution in [3.05, 3.63) is 46.5 Å². The zero-order valence-corrected chi connectivity index (χ0v) is 9.05. The fourth-order valence-electron chi connectivity index (χ4n) is 1.36. The van der Waals surface area contributed by atoms with Crippen molar-refractivity contribution in [3.8, 4) is 0 Å². The molecule has 0 aliphatic heterocycles. The molecule has 0 radical (unpaired) electrons. The van der Waals surface area contributed by atoms with E-state index in [4.69, 9.17) is 5.73 Å². The standard InChI is InChI=1S/C10H9F2N3S/c11-7-2-1-6(8(12)4-7)3-9(13)10-5-16-15-14-10/h1-2,4-5,9H,3,13H2. The lowest BCUT2D eigenvalue weighted by Gasteiger charge is -2.08. The highest BCUT2D eigenvalue weighted by atomic mass is 32.1. The van der Waals surface area contributed by atoms with Crippen LogP contribution in [0.15, 0.2) is 23.6 Å². The fraction of sp³-hybridized carbons (Fsp3) is 0.200. The molecule has 84 valence electrons. The van der Waals surface area contributed by atoms with Crippen LogP contribution in [0.4, 0.5) is 8.78 Å². The van der Waals surface area contributed by atoms with E-state index in [2.05, 4.69) is 9.59 Å². The van der Waals surface area contributed by atoms with Gasteiger partial charge in [0.1, 0.15) is 11.6 Å². The number of benzene rings is 1. The molecule has 0 amide bonds. The molecule has 0 fully saturated rings. The van der Waals surface area contributed by atoms with Crippen LogP contribution in [0.2, 0.25) is 0 Å². The van der Waals surface area contributed by atoms with E-state index in [1.54, 1.807) is 5.38 Å². The van der Waals surface area contributed by atoms with E-state index >= 15 is 0 Å². The second kappa shape index (κ2) is 4.63. The van der Waals surface area contributed by atoms with Crippen LogP contribution in [-0.2, 0) is 6.42 Å². The van der Waals surface area contributed by atoms with Crippen LogP contribution in [0.3, 0.4) is 0 Å². The van der Waals surface area contributed by atoms with E-state index in [9.17, 15) is 8.78 Å². The summed E-state index contributed by atoms with van der Waals surface area (Å²) < 4.78 is 29.7. The topological polar surface area (TPSA) is 51.8 Å². The van der Waals surface area contributed by atoms with Gasteiger partial charge >= 0.3 is 0 Å². The molecule has 2 rings (SSSR count). The SMILES string of the molecule is NC(Cc1ccc(F)cc1F)c1csnn1. The summed E-state index contributed by atoms with van der Waals surface area (Å²) in [5.74, 6) is -1.18. The van der Waals surface area contributed by atoms with Gasteiger partial charge in [-0.05, 0) is 29.6 Å². The molecule has 2 aromatic rings. The Morgan fingerprint density at radius 2 is 2.19 bits per heavy atom. The van der Waals surface area contributed by atoms with Crippen molar-refractivity contribution in [1.29, 1.82) is 0 Å². The maximum absolute atomic E-state index is 13.3. The molecular formula is C10H9F2N3S. The predicted octanol–water partition coefficient (Wildman–Crippen LogP) is 2.06. The number of hydrogen-bond donors (Lipinski definition) is 1. The molecule has 1 unspecified atom stereocenters. The Hall–Kier alpha value is -1.40. The molecule has 3 nitrogen and oxygen atoms in total. The first-order valence-electron chi connectivity index (χ1n) is 4.63. The minimum atomic E-state index is -0.592. The lowest BCUT2D eigenvalue weighted by Crippen LogP contribution is -2.14. The Bertz CT molecular complexity index is 473. The molecule has 1 heterocycles. The van der Waals surface area contributed by atoms with E-state index in [1.165, 1.54) is 23.7 Å². The molecule has 0 saturated heterocycles. The minimum absolute atomic E-state index is 0.275. The first-order chi connectivity index (χ1) is 7.66. The maximum Gasteiger partial charge on any atom is 0.129 e. The maximum atomic E-state index is 13.3. The molecule has 16 heavy (non-hydrogen) atoms. The first-order valence-corrected chi connectivity index (χ1v) is 5.47. The van der Waals surface area contributed by atoms with Crippen LogP contribution < -0.4 is 5.73 Å². The summed E-state index contributed by atoms with van der Waals surface area (Å²) in [7, 11) is 0. The number of hydrogen-bond acceptors (Lipinski definition) is 4. The third-order valence-electron chi connectivity index (χ3n) is 2.21. The predicted molar refractivity (Wildman–Crippen MR) is 56.9 cm³/mol. The molecule has 0 bridgehead atoms. The van der Waals surface area contributed by atoms with Crippen molar-refractivity contribution in [3.63, 3.8) is 0 Å². The molecule has 0 spiro atoms. The van der Waals surface area contributed by atoms with Crippen molar-refractivity contribution in [1.82, 2.24) is 9.59 Å². The summed E-state index contributed by atoms with van der Waals surface area (Å²) in [6, 6.07) is 3.04. The van der Waals surface area contributed by atoms with Gasteiger partial charge in [-0.2, -0.15) is 0 Å². The summed E-state index contributed by atoms with van der Waals surface area (Å²) in [5.41, 5.74) is 6.82. The highest BCUT2D eigenvalue weighted by Crippen LogP contribution is 2.17. The summed E-state index contributed by atoms with van der Waals surface area (Å²) in [6.07, 6.45) is 0.275. The van der Waals surface area contributed by atoms with Gasteiger partial charge in [-0.1, -0.05) is 10.6 Å². The normalized spacial score (nSPS) is 12.7. The molecule has 0 saturated carbocycles. The van der Waals surface area contributed by atoms with Crippen LogP contribution in [0.1, 0.15) is 17.3 Å². The smallest absolute Gasteiger partial charge is 0.129 e. The number of nitrogens with zero attached hydrogens (tertiary/aromatic N) is 2. The Morgan fingerprint density at radius 1 is 1.38 bits per heavy atom. The highest BCUT2D eigenvalue weighted by Gasteiger charge is 2.13. The summed E-state index contributed by atoms with van der Waals surface area (Å²) in [6.45, 7) is 0. The van der Waals surface area contributed by atoms with Crippen LogP contribution in [-0.4, -0.2) is 9.59 Å². The Balaban J connectivity index is 2.15. The van der Waals surface area contributed by atoms with Gasteiger partial charge in [0.05, 0.1) is 11.7 Å². The molecule has 2 N–H and O–H groups in total. The highest BCUT2D eigenvalue weighted by molar-refractivity contribution is 7.03. The van der Waals surface area contributed by atoms with Gasteiger partial charge in [0, 0.05) is 11.4 Å². The van der Waals surface area contributed by atoms with E-state index in [-0.39, 0.29) is 6.42 Å². The van der Waals surface area contributed by atoms with Crippen molar-refractivity contribution in [2.75, 3.05) is 0 Å². The molecule has 1 aromatic heterocycles. The van der Waals surface area contributed by atoms with E-state index in [1.807, 2.05) is 0 Å². The number of nitrogens with two attached hydrogens (primary N) is 1. The van der Waals surface area contributed by atoms with Gasteiger partial charge in [0.2, 0.25) is 0 Å². The number of aromatic nitrogens is 2. The van der Waals surface area contributed by atoms with Gasteiger partial charge in [-0.3, -0.25) is 0 Å². The second-order valence-electron chi connectivity index (χ2n) is 3.38. The van der Waals surface area contributed by atoms with Crippen LogP contribution in [0, 0.1) is 11.6 Å². The van der Waals surface area contributed by atoms with Crippen LogP contribution in [0.25, 0.3) is 0 Å². The minimum Gasteiger partial charge on any atom is -0.322 e. The van der Waals surface area contributed by atoms with E-state index < -0.39 is 17.7 Å². The average molecular weight is 241 g/mol. The van der Waals surface area contributed by atoms with Crippen molar-refractivity contribution < 1.29 is 8.78 Å². The summed E-state index contributed by atoms with van der Waals surface area (Å²) >= 11 is 1.19. The molecule has 1 atom stereocenters. The molecule has 0 aliphatic carbocycles. The van der Waals surface area contributed by atoms with Crippen LogP contribution >= 0.6 is 11.5 Å². The van der Waals surface area contributed by atoms with Crippen LogP contribution in [0.5, 0.6) is 0 Å². The molecule has 1 aromatic carbocycles. The quantitative estimate of drug-likeness (QED) is 0.894. The lowest BCUT2D eigenvalue weighted by molar-refractivity contribution is 0.561. The Labute approximate surface area is 95.1 Å². The zero-order chi connectivity index (χ0) is 11.5. The lowest BCUT2D eigenvalue weighted by atomic mass is 10.0. The fourth-order valence-corrected chi connectivity index (χ4v) is 1.88. The van der Waals surface area contributed by atoms with Gasteiger partial charge in [0.25, 0.3) is 0 Å². The van der Waals surface area contributed by atoms with Crippen molar-refractivity contribution >= 4 is 11.5 Å². The van der Waals surface area contributed by atoms with E-state index in [0.717, 1.165) is 6.07 Å². The van der Waals surface area contributed by atoms with Gasteiger partial charge < -0.3 is 5.73 Å². The second-order valence-corrected chi connectivity index (χ2v) is 3.99. The number of rotatable bonds is 3. The van der Waals surface area contributed by atoms with Gasteiger partial charge in [-0.25, -0.2) is 8.78 Å². The zero-order valence-electron chi connectivity index (χ0n) is 8.23. The number of halogens is 2. The Kier molecular flexibility index (Phi) is 3.21. The molecular weight excluding hydrogens is 232 g/mol. The van der Waals surface area contributed by atoms with Gasteiger partial charge in [0.15, 0.2) is 0 Å². The molecule has 0 aliphatic rings. The Morgan fingerprint density at radius 3 is 2.81 bits per heavy atom. The first kappa shape index (κ1) is 11.1. The third-order valence-corrected chi connectivity index (χ3v) is 2.73. The summed E-state index contributed by atoms with van der Waals surface area (Å²) in [4.78, 5) is 0. The largest absolute Gasteiger partial charge is 0.322 e. The van der Waals surface area contributed by atoms with Crippen molar-refractivity contribution in [2.45, 2.75) is 12.5 Å². The summed E-state index contributed by atoms with van der Waals surface area (Å²) in [5, 5.41) is 5.52. The molecule has 6 heteroatoms. The third kappa shape index (κ3) is 2.40. The van der Waals surface area contributed by atoms with E-state index in [0.29, 0.717) is 11.3 Å². The van der Waals surface area contributed by atoms with Gasteiger partial charge in [-0.15, -0.1) is 5.10 Å². The van der Waals surface area contributed by atoms with Crippen molar-refractivity contribution in [2.24, 2.45) is 5.73 Å². The average Bonchev–Trinajstić information content (AvgIpc) is 2.75. The monoisotopic (exact) mass is 241 g/mol.